The summed E-state index contributed by atoms with van der Waals surface area (Å²) in [5.41, 5.74) is 0. The Balaban J connectivity index is 1.34. The van der Waals surface area contributed by atoms with Crippen molar-refractivity contribution in [3.8, 4) is 0 Å². The lowest BCUT2D eigenvalue weighted by atomic mass is 9.94. The van der Waals surface area contributed by atoms with Crippen molar-refractivity contribution < 1.29 is 230 Å². The first-order chi connectivity index (χ1) is 45.2. The molecule has 30 atom stereocenters. The fourth-order valence-corrected chi connectivity index (χ4v) is 14.9. The molecule has 0 amide bonds. The molecule has 590 valence electrons. The molecule has 6 fully saturated rings. The predicted octanol–water partition coefficient (Wildman–Crippen LogP) is -15.9. The van der Waals surface area contributed by atoms with E-state index < -0.39 is 297 Å². The zero-order valence-corrected chi connectivity index (χ0v) is 57.1. The Kier molecular flexibility index (Phi) is 28.6. The first kappa shape index (κ1) is 87.0. The number of aliphatic hydroxyl groups is 7. The van der Waals surface area contributed by atoms with Crippen LogP contribution in [-0.4, -0.2) is 356 Å². The SMILES string of the molecule is CC1O[C@H](O[C@@H]2C(COS(=O)(=O)[O-])O[C@@H](OC3C(C)O[C@H](O[C@@H]4C(COS(=O)(=O)[O-])O[C@@H](OC5C(C)O[C@@H](C)C(OS(=O)(=O)[O-])[C@@H]5O)C(NS(=O)(=O)[O-])[C@H]4O)C(OS(=O)(=O)[O-])[C@@H]3O)C(NS(=O)(=O)[O-])[C@H]2O)C(OS(=O)(=O)[O-])[C@H](O)C1O[C@@H]1OC(COS(=O)(=O)[O-])[C@@H](O)[C@H](O)C1NS(=O)(=O)[O-]. The first-order valence-corrected chi connectivity index (χ1v) is 39.3. The molecule has 0 bridgehead atoms. The monoisotopic (exact) mass is 1650 g/mol. The Morgan fingerprint density at radius 3 is 0.830 bits per heavy atom. The largest absolute Gasteiger partial charge is 0.735 e. The smallest absolute Gasteiger partial charge is 0.218 e. The summed E-state index contributed by atoms with van der Waals surface area (Å²) < 4.78 is 412. The van der Waals surface area contributed by atoms with E-state index in [0.717, 1.165) is 27.7 Å². The van der Waals surface area contributed by atoms with Crippen LogP contribution in [-0.2, 0) is 171 Å². The lowest BCUT2D eigenvalue weighted by Crippen LogP contribution is -2.70. The number of nitrogens with one attached hydrogen (secondary N) is 3. The maximum Gasteiger partial charge on any atom is 0.218 e. The molecule has 0 aromatic heterocycles. The standard InChI is InChI=1S/C37H67N3O51S9/c1-8-25(22(45)28(11(4)78-8)89-98(66,67)68)84-34-16(39-93(51,52)53)20(43)29(13(82-34)6-76-96(60,61)62)87-37-32(91-100(72,73)74)24(47)27(10(3)80-37)86-35-17(40-94(54,55)56)21(44)30(14(83-35)7-77-97(63,64)65)88-36-31(90-99(69,70)71)23(46)26(9(2)79-36)85-33-15(38-92(48,49)50)19(42)18(41)12(81-33)5-75-95(57,58)59/h8-47H,5-7H2,1-4H3,(H,48,49,50)(H,51,52,53)(H,54,55,56)(H,57,58,59)(H,60,61,62)(H,63,64,65)(H,66,67,68)(H,69,70,71)(H,72,73,74)/p-9/t8?,9?,10?,11-,12?,13?,14?,15?,16?,17?,18+,19+,20+,21+,22+,23+,24+,25?,26?,27?,28?,29+,30+,31?,32?,33-,34-,35-,36+,37+/m0/s1. The van der Waals surface area contributed by atoms with Crippen molar-refractivity contribution in [1.82, 2.24) is 14.2 Å². The van der Waals surface area contributed by atoms with Gasteiger partial charge in [0.2, 0.25) is 62.4 Å². The van der Waals surface area contributed by atoms with Gasteiger partial charge in [0.1, 0.15) is 116 Å². The molecule has 0 aromatic carbocycles. The van der Waals surface area contributed by atoms with Gasteiger partial charge in [0.05, 0.1) is 44.2 Å². The topological polar surface area (TPSA) is 849 Å². The second-order valence-corrected chi connectivity index (χ2v) is 31.4. The second kappa shape index (κ2) is 32.9. The zero-order chi connectivity index (χ0) is 76.1. The lowest BCUT2D eigenvalue weighted by Gasteiger charge is -2.51. The predicted molar refractivity (Wildman–Crippen MR) is 282 cm³/mol. The fraction of sp³-hybridized carbons (Fsp3) is 1.00. The molecule has 0 saturated carbocycles. The van der Waals surface area contributed by atoms with Crippen molar-refractivity contribution in [2.75, 3.05) is 19.8 Å². The van der Waals surface area contributed by atoms with E-state index in [2.05, 4.69) is 25.1 Å². The summed E-state index contributed by atoms with van der Waals surface area (Å²) in [7, 11) is -53.9. The van der Waals surface area contributed by atoms with Crippen molar-refractivity contribution in [3.63, 3.8) is 0 Å². The van der Waals surface area contributed by atoms with Crippen LogP contribution in [0.1, 0.15) is 27.7 Å². The molecular formula is C37H58N3O51S9-9. The van der Waals surface area contributed by atoms with E-state index in [1.807, 2.05) is 0 Å². The van der Waals surface area contributed by atoms with Gasteiger partial charge in [0, 0.05) is 0 Å². The quantitative estimate of drug-likeness (QED) is 0.0228. The third kappa shape index (κ3) is 25.1. The molecular weight excluding hydrogens is 1590 g/mol. The van der Waals surface area contributed by atoms with Gasteiger partial charge in [-0.25, -0.2) is 89.9 Å². The van der Waals surface area contributed by atoms with Gasteiger partial charge in [-0.2, -0.15) is 0 Å². The van der Waals surface area contributed by atoms with Gasteiger partial charge >= 0.3 is 0 Å². The number of hydrogen-bond donors (Lipinski definition) is 10. The van der Waals surface area contributed by atoms with Crippen LogP contribution in [0.15, 0.2) is 0 Å². The maximum absolute atomic E-state index is 12.5. The van der Waals surface area contributed by atoms with Crippen molar-refractivity contribution in [3.05, 3.63) is 0 Å². The van der Waals surface area contributed by atoms with Crippen molar-refractivity contribution in [2.45, 2.75) is 212 Å². The molecule has 63 heteroatoms. The Labute approximate surface area is 565 Å². The number of rotatable bonds is 31. The Bertz CT molecular complexity index is 3850. The van der Waals surface area contributed by atoms with Crippen molar-refractivity contribution in [2.24, 2.45) is 0 Å². The minimum atomic E-state index is -6.35. The van der Waals surface area contributed by atoms with E-state index in [-0.39, 0.29) is 0 Å². The molecule has 0 spiro atoms. The van der Waals surface area contributed by atoms with E-state index in [4.69, 9.17) is 52.1 Å². The Morgan fingerprint density at radius 1 is 0.280 bits per heavy atom. The van der Waals surface area contributed by atoms with Gasteiger partial charge in [0.25, 0.3) is 0 Å². The maximum atomic E-state index is 12.5. The van der Waals surface area contributed by atoms with Crippen LogP contribution in [0, 0.1) is 0 Å². The Hall–Kier alpha value is -1.89. The molecule has 0 radical (unpaired) electrons. The van der Waals surface area contributed by atoms with Gasteiger partial charge in [-0.1, -0.05) is 0 Å². The summed E-state index contributed by atoms with van der Waals surface area (Å²) in [6, 6.07) is -8.19. The zero-order valence-electron chi connectivity index (χ0n) is 49.7. The molecule has 6 rings (SSSR count). The molecule has 6 aliphatic heterocycles. The number of hydrogen-bond acceptors (Lipinski definition) is 51. The Morgan fingerprint density at radius 2 is 0.530 bits per heavy atom. The van der Waals surface area contributed by atoms with Crippen LogP contribution < -0.4 is 14.2 Å². The second-order valence-electron chi connectivity index (χ2n) is 21.8. The molecule has 6 saturated heterocycles. The highest BCUT2D eigenvalue weighted by molar-refractivity contribution is 7.84. The molecule has 54 nitrogen and oxygen atoms in total. The highest BCUT2D eigenvalue weighted by Gasteiger charge is 2.59. The van der Waals surface area contributed by atoms with Crippen LogP contribution in [0.5, 0.6) is 0 Å². The molecule has 6 aliphatic rings. The van der Waals surface area contributed by atoms with Gasteiger partial charge in [-0.15, -0.1) is 0 Å². The van der Waals surface area contributed by atoms with Crippen molar-refractivity contribution >= 4 is 93.3 Å². The highest BCUT2D eigenvalue weighted by Crippen LogP contribution is 2.39. The fourth-order valence-electron chi connectivity index (χ4n) is 10.7. The van der Waals surface area contributed by atoms with Crippen molar-refractivity contribution in [1.29, 1.82) is 0 Å². The van der Waals surface area contributed by atoms with Crippen LogP contribution in [0.3, 0.4) is 0 Å². The average molecular weight is 1650 g/mol. The van der Waals surface area contributed by atoms with Crippen LogP contribution >= 0.6 is 0 Å². The molecule has 0 aromatic rings. The third-order valence-electron chi connectivity index (χ3n) is 14.7. The third-order valence-corrected chi connectivity index (χ3v) is 19.0. The molecule has 0 aliphatic carbocycles. The molecule has 100 heavy (non-hydrogen) atoms. The van der Waals surface area contributed by atoms with Gasteiger partial charge in [-0.05, 0) is 27.7 Å². The minimum absolute atomic E-state index is 0.733. The summed E-state index contributed by atoms with van der Waals surface area (Å²) in [5.74, 6) is 0. The summed E-state index contributed by atoms with van der Waals surface area (Å²) in [6.07, 6.45) is -69.2. The first-order valence-electron chi connectivity index (χ1n) is 27.1. The molecule has 10 N–H and O–H groups in total. The molecule has 15 unspecified atom stereocenters. The summed E-state index contributed by atoms with van der Waals surface area (Å²) in [4.78, 5) is 0. The van der Waals surface area contributed by atoms with E-state index in [1.165, 1.54) is 14.2 Å². The van der Waals surface area contributed by atoms with E-state index >= 15 is 0 Å². The highest BCUT2D eigenvalue weighted by atomic mass is 32.3. The summed E-state index contributed by atoms with van der Waals surface area (Å²) >= 11 is 0. The summed E-state index contributed by atoms with van der Waals surface area (Å²) in [6.45, 7) is -1.47. The average Bonchev–Trinajstić information content (AvgIpc) is 0.767. The lowest BCUT2D eigenvalue weighted by molar-refractivity contribution is -0.376. The van der Waals surface area contributed by atoms with E-state index in [0.29, 0.717) is 0 Å². The normalized spacial score (nSPS) is 41.2. The van der Waals surface area contributed by atoms with Crippen LogP contribution in [0.25, 0.3) is 0 Å². The number of aliphatic hydroxyl groups excluding tert-OH is 7. The van der Waals surface area contributed by atoms with Crippen LogP contribution in [0.4, 0.5) is 0 Å². The number of ether oxygens (including phenoxy) is 11. The van der Waals surface area contributed by atoms with Gasteiger partial charge < -0.3 is 129 Å². The minimum Gasteiger partial charge on any atom is -0.735 e. The van der Waals surface area contributed by atoms with Gasteiger partial charge in [-0.3, -0.25) is 25.1 Å². The van der Waals surface area contributed by atoms with E-state index in [1.54, 1.807) is 0 Å². The van der Waals surface area contributed by atoms with E-state index in [9.17, 15) is 152 Å². The van der Waals surface area contributed by atoms with Crippen LogP contribution in [0.2, 0.25) is 0 Å². The van der Waals surface area contributed by atoms with Gasteiger partial charge in [0.15, 0.2) is 74.6 Å². The molecule has 6 heterocycles. The summed E-state index contributed by atoms with van der Waals surface area (Å²) in [5, 5.41) is 79.6.